The van der Waals surface area contributed by atoms with Crippen LogP contribution in [0.2, 0.25) is 0 Å². The number of hydrogen-bond donors (Lipinski definition) is 1. The molecule has 3 heteroatoms. The Bertz CT molecular complexity index is 594. The van der Waals surface area contributed by atoms with Gasteiger partial charge in [-0.05, 0) is 42.6 Å². The lowest BCUT2D eigenvalue weighted by Crippen LogP contribution is -2.14. The quantitative estimate of drug-likeness (QED) is 0.795. The average molecular weight is 275 g/mol. The van der Waals surface area contributed by atoms with Crippen LogP contribution in [-0.4, -0.2) is 6.54 Å². The molecule has 20 heavy (non-hydrogen) atoms. The Kier molecular flexibility index (Phi) is 4.85. The van der Waals surface area contributed by atoms with Crippen LogP contribution in [-0.2, 0) is 6.54 Å². The third-order valence-corrected chi connectivity index (χ3v) is 3.30. The van der Waals surface area contributed by atoms with Crippen LogP contribution in [0.1, 0.15) is 24.5 Å². The molecule has 1 N–H and O–H groups in total. The van der Waals surface area contributed by atoms with Crippen LogP contribution >= 0.6 is 0 Å². The SMILES string of the molecule is CCCNCc1ccccc1-c1cc(C)c(F)cc1F. The normalized spacial score (nSPS) is 10.8. The molecule has 0 saturated heterocycles. The van der Waals surface area contributed by atoms with E-state index in [1.165, 1.54) is 0 Å². The number of nitrogens with one attached hydrogen (secondary N) is 1. The van der Waals surface area contributed by atoms with Gasteiger partial charge in [0.25, 0.3) is 0 Å². The molecule has 2 aromatic rings. The van der Waals surface area contributed by atoms with Crippen LogP contribution in [0, 0.1) is 18.6 Å². The summed E-state index contributed by atoms with van der Waals surface area (Å²) in [6.07, 6.45) is 1.05. The Labute approximate surface area is 118 Å². The monoisotopic (exact) mass is 275 g/mol. The highest BCUT2D eigenvalue weighted by Gasteiger charge is 2.12. The predicted molar refractivity (Wildman–Crippen MR) is 78.5 cm³/mol. The largest absolute Gasteiger partial charge is 0.313 e. The molecule has 0 aliphatic rings. The maximum Gasteiger partial charge on any atom is 0.133 e. The molecule has 2 aromatic carbocycles. The predicted octanol–water partition coefficient (Wildman–Crippen LogP) is 4.44. The zero-order valence-corrected chi connectivity index (χ0v) is 11.8. The molecule has 0 fully saturated rings. The first-order valence-corrected chi connectivity index (χ1v) is 6.88. The van der Waals surface area contributed by atoms with Crippen molar-refractivity contribution in [2.75, 3.05) is 6.54 Å². The summed E-state index contributed by atoms with van der Waals surface area (Å²) in [5.41, 5.74) is 2.75. The van der Waals surface area contributed by atoms with Crippen molar-refractivity contribution in [3.63, 3.8) is 0 Å². The van der Waals surface area contributed by atoms with E-state index in [-0.39, 0.29) is 0 Å². The van der Waals surface area contributed by atoms with E-state index in [1.54, 1.807) is 13.0 Å². The molecule has 0 aliphatic heterocycles. The minimum absolute atomic E-state index is 0.456. The molecule has 1 nitrogen and oxygen atoms in total. The highest BCUT2D eigenvalue weighted by atomic mass is 19.1. The van der Waals surface area contributed by atoms with Gasteiger partial charge in [0.05, 0.1) is 0 Å². The fraction of sp³-hybridized carbons (Fsp3) is 0.294. The maximum absolute atomic E-state index is 14.0. The maximum atomic E-state index is 14.0. The van der Waals surface area contributed by atoms with Crippen LogP contribution in [0.4, 0.5) is 8.78 Å². The molecule has 0 spiro atoms. The van der Waals surface area contributed by atoms with Crippen molar-refractivity contribution < 1.29 is 8.78 Å². The third kappa shape index (κ3) is 3.23. The van der Waals surface area contributed by atoms with Crippen LogP contribution in [0.15, 0.2) is 36.4 Å². The summed E-state index contributed by atoms with van der Waals surface area (Å²) < 4.78 is 27.4. The molecule has 0 bridgehead atoms. The molecule has 0 heterocycles. The molecule has 0 unspecified atom stereocenters. The van der Waals surface area contributed by atoms with E-state index in [0.29, 0.717) is 17.7 Å². The highest BCUT2D eigenvalue weighted by Crippen LogP contribution is 2.28. The molecule has 0 aromatic heterocycles. The van der Waals surface area contributed by atoms with E-state index in [2.05, 4.69) is 12.2 Å². The number of halogens is 2. The van der Waals surface area contributed by atoms with Gasteiger partial charge in [0.1, 0.15) is 11.6 Å². The van der Waals surface area contributed by atoms with Crippen molar-refractivity contribution in [2.45, 2.75) is 26.8 Å². The average Bonchev–Trinajstić information content (AvgIpc) is 2.44. The van der Waals surface area contributed by atoms with Crippen molar-refractivity contribution in [3.8, 4) is 11.1 Å². The summed E-state index contributed by atoms with van der Waals surface area (Å²) in [7, 11) is 0. The highest BCUT2D eigenvalue weighted by molar-refractivity contribution is 5.68. The summed E-state index contributed by atoms with van der Waals surface area (Å²) in [6.45, 7) is 5.34. The van der Waals surface area contributed by atoms with E-state index in [9.17, 15) is 8.78 Å². The summed E-state index contributed by atoms with van der Waals surface area (Å²) in [6, 6.07) is 10.2. The molecule has 0 saturated carbocycles. The lowest BCUT2D eigenvalue weighted by atomic mass is 9.97. The van der Waals surface area contributed by atoms with E-state index in [0.717, 1.165) is 30.2 Å². The Morgan fingerprint density at radius 3 is 2.50 bits per heavy atom. The van der Waals surface area contributed by atoms with Crippen molar-refractivity contribution in [3.05, 3.63) is 59.2 Å². The first kappa shape index (κ1) is 14.7. The van der Waals surface area contributed by atoms with Gasteiger partial charge in [-0.25, -0.2) is 8.78 Å². The van der Waals surface area contributed by atoms with Crippen LogP contribution in [0.5, 0.6) is 0 Å². The van der Waals surface area contributed by atoms with Gasteiger partial charge in [0, 0.05) is 18.2 Å². The van der Waals surface area contributed by atoms with Gasteiger partial charge in [-0.2, -0.15) is 0 Å². The standard InChI is InChI=1S/C17H19F2N/c1-3-8-20-11-13-6-4-5-7-14(13)15-9-12(2)16(18)10-17(15)19/h4-7,9-10,20H,3,8,11H2,1-2H3. The smallest absolute Gasteiger partial charge is 0.133 e. The first-order chi connectivity index (χ1) is 9.63. The Morgan fingerprint density at radius 2 is 1.75 bits per heavy atom. The van der Waals surface area contributed by atoms with Gasteiger partial charge in [-0.3, -0.25) is 0 Å². The van der Waals surface area contributed by atoms with E-state index < -0.39 is 11.6 Å². The Hall–Kier alpha value is -1.74. The van der Waals surface area contributed by atoms with Crippen molar-refractivity contribution in [1.82, 2.24) is 5.32 Å². The van der Waals surface area contributed by atoms with Gasteiger partial charge in [0.2, 0.25) is 0 Å². The summed E-state index contributed by atoms with van der Waals surface area (Å²) >= 11 is 0. The first-order valence-electron chi connectivity index (χ1n) is 6.88. The van der Waals surface area contributed by atoms with E-state index in [4.69, 9.17) is 0 Å². The second-order valence-corrected chi connectivity index (χ2v) is 4.92. The summed E-state index contributed by atoms with van der Waals surface area (Å²) in [5, 5.41) is 3.31. The van der Waals surface area contributed by atoms with Crippen LogP contribution < -0.4 is 5.32 Å². The second kappa shape index (κ2) is 6.62. The van der Waals surface area contributed by atoms with E-state index >= 15 is 0 Å². The number of benzene rings is 2. The minimum Gasteiger partial charge on any atom is -0.313 e. The molecule has 2 rings (SSSR count). The molecule has 0 atom stereocenters. The molecule has 0 aliphatic carbocycles. The van der Waals surface area contributed by atoms with Gasteiger partial charge >= 0.3 is 0 Å². The van der Waals surface area contributed by atoms with Gasteiger partial charge in [-0.15, -0.1) is 0 Å². The number of aryl methyl sites for hydroxylation is 1. The summed E-state index contributed by atoms with van der Waals surface area (Å²) in [4.78, 5) is 0. The summed E-state index contributed by atoms with van der Waals surface area (Å²) in [5.74, 6) is -1.02. The van der Waals surface area contributed by atoms with E-state index in [1.807, 2.05) is 24.3 Å². The lowest BCUT2D eigenvalue weighted by molar-refractivity contribution is 0.579. The molecule has 106 valence electrons. The third-order valence-electron chi connectivity index (χ3n) is 3.30. The fourth-order valence-electron chi connectivity index (χ4n) is 2.20. The Balaban J connectivity index is 2.39. The molecule has 0 amide bonds. The minimum atomic E-state index is -0.518. The fourth-order valence-corrected chi connectivity index (χ4v) is 2.20. The number of rotatable bonds is 5. The molecular weight excluding hydrogens is 256 g/mol. The van der Waals surface area contributed by atoms with Gasteiger partial charge < -0.3 is 5.32 Å². The zero-order valence-electron chi connectivity index (χ0n) is 11.8. The van der Waals surface area contributed by atoms with Crippen LogP contribution in [0.25, 0.3) is 11.1 Å². The topological polar surface area (TPSA) is 12.0 Å². The van der Waals surface area contributed by atoms with Crippen molar-refractivity contribution in [2.24, 2.45) is 0 Å². The molecule has 0 radical (unpaired) electrons. The van der Waals surface area contributed by atoms with Gasteiger partial charge in [-0.1, -0.05) is 31.2 Å². The van der Waals surface area contributed by atoms with Crippen molar-refractivity contribution >= 4 is 0 Å². The Morgan fingerprint density at radius 1 is 1.00 bits per heavy atom. The van der Waals surface area contributed by atoms with Gasteiger partial charge in [0.15, 0.2) is 0 Å². The van der Waals surface area contributed by atoms with Crippen LogP contribution in [0.3, 0.4) is 0 Å². The lowest BCUT2D eigenvalue weighted by Gasteiger charge is -2.12. The second-order valence-electron chi connectivity index (χ2n) is 4.92. The zero-order chi connectivity index (χ0) is 14.5. The molecular formula is C17H19F2N. The van der Waals surface area contributed by atoms with Crippen molar-refractivity contribution in [1.29, 1.82) is 0 Å². The number of hydrogen-bond acceptors (Lipinski definition) is 1.